The van der Waals surface area contributed by atoms with Crippen molar-refractivity contribution < 1.29 is 14.3 Å². The van der Waals surface area contributed by atoms with Gasteiger partial charge in [0.1, 0.15) is 0 Å². The molecular weight excluding hydrogens is 314 g/mol. The van der Waals surface area contributed by atoms with E-state index in [1.807, 2.05) is 24.3 Å². The number of aryl methyl sites for hydroxylation is 1. The molecule has 0 unspecified atom stereocenters. The lowest BCUT2D eigenvalue weighted by atomic mass is 10.1. The molecule has 0 radical (unpaired) electrons. The Morgan fingerprint density at radius 3 is 2.30 bits per heavy atom. The van der Waals surface area contributed by atoms with Crippen LogP contribution in [0.2, 0.25) is 5.02 Å². The average Bonchev–Trinajstić information content (AvgIpc) is 2.55. The molecule has 23 heavy (non-hydrogen) atoms. The van der Waals surface area contributed by atoms with Crippen LogP contribution >= 0.6 is 11.6 Å². The molecule has 120 valence electrons. The van der Waals surface area contributed by atoms with Crippen LogP contribution in [-0.4, -0.2) is 18.5 Å². The van der Waals surface area contributed by atoms with Crippen LogP contribution in [0.5, 0.6) is 0 Å². The van der Waals surface area contributed by atoms with Gasteiger partial charge in [0, 0.05) is 17.1 Å². The highest BCUT2D eigenvalue weighted by atomic mass is 35.5. The molecular formula is C18H18ClNO3. The predicted octanol–water partition coefficient (Wildman–Crippen LogP) is 4.09. The second-order valence-corrected chi connectivity index (χ2v) is 5.41. The zero-order valence-electron chi connectivity index (χ0n) is 12.8. The van der Waals surface area contributed by atoms with Gasteiger partial charge in [-0.25, -0.2) is 4.79 Å². The summed E-state index contributed by atoms with van der Waals surface area (Å²) in [5.41, 5.74) is 2.17. The van der Waals surface area contributed by atoms with Crippen LogP contribution in [0.3, 0.4) is 0 Å². The molecule has 0 aliphatic heterocycles. The highest BCUT2D eigenvalue weighted by Gasteiger charge is 2.07. The van der Waals surface area contributed by atoms with Gasteiger partial charge in [-0.05, 0) is 55.3 Å². The predicted molar refractivity (Wildman–Crippen MR) is 90.8 cm³/mol. The number of nitrogens with one attached hydrogen (secondary N) is 1. The van der Waals surface area contributed by atoms with E-state index in [9.17, 15) is 9.59 Å². The molecule has 0 aromatic heterocycles. The number of halogens is 1. The van der Waals surface area contributed by atoms with Crippen molar-refractivity contribution >= 4 is 29.2 Å². The number of anilines is 1. The van der Waals surface area contributed by atoms with Gasteiger partial charge in [-0.1, -0.05) is 23.7 Å². The number of hydrogen-bond acceptors (Lipinski definition) is 3. The van der Waals surface area contributed by atoms with Crippen LogP contribution in [0.1, 0.15) is 29.3 Å². The zero-order valence-corrected chi connectivity index (χ0v) is 13.6. The molecule has 0 bridgehead atoms. The molecule has 0 aliphatic carbocycles. The number of hydrogen-bond donors (Lipinski definition) is 1. The van der Waals surface area contributed by atoms with E-state index in [4.69, 9.17) is 16.3 Å². The first-order valence-electron chi connectivity index (χ1n) is 7.40. The molecule has 2 aromatic carbocycles. The molecule has 0 fully saturated rings. The molecule has 0 saturated carbocycles. The molecule has 0 aliphatic rings. The summed E-state index contributed by atoms with van der Waals surface area (Å²) in [7, 11) is 0. The molecule has 1 amide bonds. The maximum Gasteiger partial charge on any atom is 0.338 e. The third kappa shape index (κ3) is 5.42. The Hall–Kier alpha value is -2.33. The Balaban J connectivity index is 1.85. The minimum atomic E-state index is -0.367. The minimum Gasteiger partial charge on any atom is -0.462 e. The number of carbonyl (C=O) groups excluding carboxylic acids is 2. The van der Waals surface area contributed by atoms with Gasteiger partial charge in [-0.2, -0.15) is 0 Å². The number of ether oxygens (including phenoxy) is 1. The Morgan fingerprint density at radius 2 is 1.70 bits per heavy atom. The summed E-state index contributed by atoms with van der Waals surface area (Å²) >= 11 is 5.82. The third-order valence-electron chi connectivity index (χ3n) is 3.23. The number of rotatable bonds is 6. The van der Waals surface area contributed by atoms with Gasteiger partial charge < -0.3 is 10.1 Å². The fraction of sp³-hybridized carbons (Fsp3) is 0.222. The molecule has 2 aromatic rings. The van der Waals surface area contributed by atoms with E-state index >= 15 is 0 Å². The lowest BCUT2D eigenvalue weighted by Gasteiger charge is -2.07. The van der Waals surface area contributed by atoms with E-state index in [2.05, 4.69) is 5.32 Å². The lowest BCUT2D eigenvalue weighted by Crippen LogP contribution is -2.12. The van der Waals surface area contributed by atoms with Crippen LogP contribution in [0, 0.1) is 0 Å². The standard InChI is InChI=1S/C18H18ClNO3/c1-2-23-18(22)14-6-10-16(11-7-14)20-17(21)12-5-13-3-8-15(19)9-4-13/h3-4,6-11H,2,5,12H2,1H3,(H,20,21). The highest BCUT2D eigenvalue weighted by molar-refractivity contribution is 6.30. The molecule has 2 rings (SSSR count). The molecule has 1 N–H and O–H groups in total. The number of amides is 1. The molecule has 5 heteroatoms. The first-order chi connectivity index (χ1) is 11.1. The smallest absolute Gasteiger partial charge is 0.338 e. The summed E-state index contributed by atoms with van der Waals surface area (Å²) in [4.78, 5) is 23.5. The van der Waals surface area contributed by atoms with Gasteiger partial charge in [0.05, 0.1) is 12.2 Å². The van der Waals surface area contributed by atoms with Crippen LogP contribution in [0.15, 0.2) is 48.5 Å². The molecule has 0 heterocycles. The van der Waals surface area contributed by atoms with Crippen molar-refractivity contribution in [3.63, 3.8) is 0 Å². The maximum atomic E-state index is 11.9. The van der Waals surface area contributed by atoms with Gasteiger partial charge in [0.2, 0.25) is 5.91 Å². The van der Waals surface area contributed by atoms with Crippen LogP contribution < -0.4 is 5.32 Å². The van der Waals surface area contributed by atoms with E-state index in [0.29, 0.717) is 35.7 Å². The number of carbonyl (C=O) groups is 2. The summed E-state index contributed by atoms with van der Waals surface area (Å²) in [5, 5.41) is 3.49. The van der Waals surface area contributed by atoms with Crippen LogP contribution in [0.4, 0.5) is 5.69 Å². The SMILES string of the molecule is CCOC(=O)c1ccc(NC(=O)CCc2ccc(Cl)cc2)cc1. The normalized spacial score (nSPS) is 10.2. The summed E-state index contributed by atoms with van der Waals surface area (Å²) in [6.45, 7) is 2.09. The second-order valence-electron chi connectivity index (χ2n) is 4.97. The van der Waals surface area contributed by atoms with Crippen LogP contribution in [-0.2, 0) is 16.0 Å². The average molecular weight is 332 g/mol. The van der Waals surface area contributed by atoms with Gasteiger partial charge >= 0.3 is 5.97 Å². The Kier molecular flexibility index (Phi) is 6.18. The number of benzene rings is 2. The Morgan fingerprint density at radius 1 is 1.04 bits per heavy atom. The molecule has 0 atom stereocenters. The summed E-state index contributed by atoms with van der Waals surface area (Å²) in [5.74, 6) is -0.447. The third-order valence-corrected chi connectivity index (χ3v) is 3.49. The molecule has 0 saturated heterocycles. The first-order valence-corrected chi connectivity index (χ1v) is 7.77. The van der Waals surface area contributed by atoms with E-state index in [0.717, 1.165) is 5.56 Å². The van der Waals surface area contributed by atoms with Crippen molar-refractivity contribution in [1.29, 1.82) is 0 Å². The summed E-state index contributed by atoms with van der Waals surface area (Å²) < 4.78 is 4.91. The van der Waals surface area contributed by atoms with Crippen LogP contribution in [0.25, 0.3) is 0 Å². The Bertz CT molecular complexity index is 666. The topological polar surface area (TPSA) is 55.4 Å². The van der Waals surface area contributed by atoms with Crippen molar-refractivity contribution in [3.05, 3.63) is 64.7 Å². The van der Waals surface area contributed by atoms with Gasteiger partial charge in [0.15, 0.2) is 0 Å². The highest BCUT2D eigenvalue weighted by Crippen LogP contribution is 2.13. The first kappa shape index (κ1) is 17.0. The van der Waals surface area contributed by atoms with Crippen molar-refractivity contribution in [2.45, 2.75) is 19.8 Å². The van der Waals surface area contributed by atoms with Crippen molar-refractivity contribution in [2.24, 2.45) is 0 Å². The Labute approximate surface area is 140 Å². The largest absolute Gasteiger partial charge is 0.462 e. The summed E-state index contributed by atoms with van der Waals surface area (Å²) in [6, 6.07) is 14.1. The second kappa shape index (κ2) is 8.34. The monoisotopic (exact) mass is 331 g/mol. The van der Waals surface area contributed by atoms with E-state index < -0.39 is 0 Å². The minimum absolute atomic E-state index is 0.0798. The van der Waals surface area contributed by atoms with E-state index in [1.54, 1.807) is 31.2 Å². The quantitative estimate of drug-likeness (QED) is 0.811. The van der Waals surface area contributed by atoms with Gasteiger partial charge in [0.25, 0.3) is 0 Å². The van der Waals surface area contributed by atoms with Gasteiger partial charge in [-0.15, -0.1) is 0 Å². The fourth-order valence-electron chi connectivity index (χ4n) is 2.04. The summed E-state index contributed by atoms with van der Waals surface area (Å²) in [6.07, 6.45) is 1.02. The van der Waals surface area contributed by atoms with Crippen molar-refractivity contribution in [2.75, 3.05) is 11.9 Å². The maximum absolute atomic E-state index is 11.9. The fourth-order valence-corrected chi connectivity index (χ4v) is 2.16. The van der Waals surface area contributed by atoms with E-state index in [1.165, 1.54) is 0 Å². The van der Waals surface area contributed by atoms with E-state index in [-0.39, 0.29) is 11.9 Å². The number of esters is 1. The van der Waals surface area contributed by atoms with Crippen molar-refractivity contribution in [3.8, 4) is 0 Å². The molecule has 0 spiro atoms. The van der Waals surface area contributed by atoms with Crippen molar-refractivity contribution in [1.82, 2.24) is 0 Å². The molecule has 4 nitrogen and oxygen atoms in total. The van der Waals surface area contributed by atoms with Gasteiger partial charge in [-0.3, -0.25) is 4.79 Å². The lowest BCUT2D eigenvalue weighted by molar-refractivity contribution is -0.116. The zero-order chi connectivity index (χ0) is 16.7.